The highest BCUT2D eigenvalue weighted by Crippen LogP contribution is 2.26. The van der Waals surface area contributed by atoms with Gasteiger partial charge in [0.2, 0.25) is 0 Å². The molecule has 0 unspecified atom stereocenters. The van der Waals surface area contributed by atoms with Crippen molar-refractivity contribution in [2.45, 2.75) is 6.54 Å². The number of benzene rings is 2. The quantitative estimate of drug-likeness (QED) is 0.431. The summed E-state index contributed by atoms with van der Waals surface area (Å²) in [6.07, 6.45) is 0. The van der Waals surface area contributed by atoms with Crippen LogP contribution in [0.5, 0.6) is 5.75 Å². The van der Waals surface area contributed by atoms with E-state index in [1.54, 1.807) is 23.3 Å². The Bertz CT molecular complexity index is 1060. The molecule has 9 heteroatoms. The molecule has 4 rings (SSSR count). The Morgan fingerprint density at radius 3 is 2.39 bits per heavy atom. The van der Waals surface area contributed by atoms with Crippen LogP contribution in [-0.4, -0.2) is 58.9 Å². The molecule has 0 N–H and O–H groups in total. The molecule has 2 heterocycles. The lowest BCUT2D eigenvalue weighted by Gasteiger charge is -2.34. The first-order valence-electron chi connectivity index (χ1n) is 9.88. The Kier molecular flexibility index (Phi) is 6.24. The minimum Gasteiger partial charge on any atom is -0.497 e. The van der Waals surface area contributed by atoms with Crippen molar-refractivity contribution in [1.82, 2.24) is 14.8 Å². The molecule has 1 aliphatic heterocycles. The van der Waals surface area contributed by atoms with Crippen molar-refractivity contribution in [3.63, 3.8) is 0 Å². The number of nitro groups is 1. The smallest absolute Gasteiger partial charge is 0.269 e. The van der Waals surface area contributed by atoms with Crippen LogP contribution in [0.4, 0.5) is 5.69 Å². The number of methoxy groups -OCH3 is 1. The maximum Gasteiger partial charge on any atom is 0.269 e. The van der Waals surface area contributed by atoms with E-state index in [-0.39, 0.29) is 11.6 Å². The number of carbonyl (C=O) groups excluding carboxylic acids is 1. The largest absolute Gasteiger partial charge is 0.497 e. The van der Waals surface area contributed by atoms with E-state index in [1.807, 2.05) is 24.3 Å². The van der Waals surface area contributed by atoms with Crippen LogP contribution in [0.1, 0.15) is 16.1 Å². The van der Waals surface area contributed by atoms with Crippen molar-refractivity contribution in [3.05, 3.63) is 75.3 Å². The van der Waals surface area contributed by atoms with Gasteiger partial charge in [0, 0.05) is 61.4 Å². The number of thiazole rings is 1. The Hall–Kier alpha value is -3.30. The van der Waals surface area contributed by atoms with E-state index >= 15 is 0 Å². The van der Waals surface area contributed by atoms with Crippen LogP contribution >= 0.6 is 11.3 Å². The second kappa shape index (κ2) is 9.23. The van der Waals surface area contributed by atoms with Crippen molar-refractivity contribution >= 4 is 22.9 Å². The number of aromatic nitrogens is 1. The third kappa shape index (κ3) is 4.89. The highest BCUT2D eigenvalue weighted by Gasteiger charge is 2.23. The number of rotatable bonds is 6. The zero-order valence-corrected chi connectivity index (χ0v) is 17.9. The van der Waals surface area contributed by atoms with Crippen molar-refractivity contribution < 1.29 is 14.5 Å². The van der Waals surface area contributed by atoms with Crippen LogP contribution in [0.2, 0.25) is 0 Å². The normalized spacial score (nSPS) is 14.4. The molecule has 1 amide bonds. The van der Waals surface area contributed by atoms with Gasteiger partial charge < -0.3 is 9.64 Å². The predicted octanol–water partition coefficient (Wildman–Crippen LogP) is 3.68. The second-order valence-corrected chi connectivity index (χ2v) is 8.10. The average Bonchev–Trinajstić information content (AvgIpc) is 3.27. The van der Waals surface area contributed by atoms with E-state index in [1.165, 1.54) is 24.3 Å². The Morgan fingerprint density at radius 1 is 1.10 bits per heavy atom. The fourth-order valence-corrected chi connectivity index (χ4v) is 4.31. The van der Waals surface area contributed by atoms with E-state index in [0.29, 0.717) is 18.7 Å². The molecule has 0 saturated carbocycles. The van der Waals surface area contributed by atoms with Crippen LogP contribution < -0.4 is 4.74 Å². The maximum absolute atomic E-state index is 12.7. The van der Waals surface area contributed by atoms with Gasteiger partial charge in [-0.15, -0.1) is 11.3 Å². The Labute approximate surface area is 183 Å². The fourth-order valence-electron chi connectivity index (χ4n) is 3.49. The second-order valence-electron chi connectivity index (χ2n) is 7.24. The van der Waals surface area contributed by atoms with Gasteiger partial charge in [-0.05, 0) is 36.4 Å². The highest BCUT2D eigenvalue weighted by molar-refractivity contribution is 7.13. The van der Waals surface area contributed by atoms with E-state index in [4.69, 9.17) is 9.72 Å². The lowest BCUT2D eigenvalue weighted by atomic mass is 10.1. The fraction of sp³-hybridized carbons (Fsp3) is 0.273. The minimum atomic E-state index is -0.467. The van der Waals surface area contributed by atoms with E-state index in [9.17, 15) is 14.9 Å². The topological polar surface area (TPSA) is 88.8 Å². The van der Waals surface area contributed by atoms with Gasteiger partial charge >= 0.3 is 0 Å². The van der Waals surface area contributed by atoms with E-state index in [2.05, 4.69) is 10.3 Å². The third-order valence-corrected chi connectivity index (χ3v) is 6.20. The van der Waals surface area contributed by atoms with Gasteiger partial charge in [0.15, 0.2) is 0 Å². The molecule has 0 aliphatic carbocycles. The average molecular weight is 439 g/mol. The van der Waals surface area contributed by atoms with E-state index in [0.717, 1.165) is 41.6 Å². The van der Waals surface area contributed by atoms with Crippen molar-refractivity contribution in [2.24, 2.45) is 0 Å². The molecule has 0 radical (unpaired) electrons. The van der Waals surface area contributed by atoms with Crippen molar-refractivity contribution in [3.8, 4) is 16.3 Å². The van der Waals surface area contributed by atoms with Crippen LogP contribution in [0, 0.1) is 10.1 Å². The zero-order chi connectivity index (χ0) is 21.8. The summed E-state index contributed by atoms with van der Waals surface area (Å²) in [5.41, 5.74) is 2.54. The summed E-state index contributed by atoms with van der Waals surface area (Å²) in [4.78, 5) is 31.8. The Balaban J connectivity index is 1.31. The number of carbonyl (C=O) groups is 1. The number of hydrogen-bond acceptors (Lipinski definition) is 7. The summed E-state index contributed by atoms with van der Waals surface area (Å²) in [6, 6.07) is 13.6. The molecule has 8 nitrogen and oxygen atoms in total. The van der Waals surface area contributed by atoms with Crippen molar-refractivity contribution in [1.29, 1.82) is 0 Å². The molecule has 2 aromatic carbocycles. The van der Waals surface area contributed by atoms with Crippen molar-refractivity contribution in [2.75, 3.05) is 33.3 Å². The van der Waals surface area contributed by atoms with Gasteiger partial charge in [-0.2, -0.15) is 0 Å². The lowest BCUT2D eigenvalue weighted by molar-refractivity contribution is -0.384. The highest BCUT2D eigenvalue weighted by atomic mass is 32.1. The first kappa shape index (κ1) is 21.0. The maximum atomic E-state index is 12.7. The van der Waals surface area contributed by atoms with Gasteiger partial charge in [-0.25, -0.2) is 4.98 Å². The lowest BCUT2D eigenvalue weighted by Crippen LogP contribution is -2.48. The molecule has 0 spiro atoms. The SMILES string of the molecule is COc1ccc(-c2nc(CN3CCN(C(=O)c4ccc([N+](=O)[O-])cc4)CC3)cs2)cc1. The third-order valence-electron chi connectivity index (χ3n) is 5.26. The number of piperazine rings is 1. The number of amides is 1. The standard InChI is InChI=1S/C22H22N4O4S/c1-30-20-8-4-16(5-9-20)21-23-18(15-31-21)14-24-10-12-25(13-11-24)22(27)17-2-6-19(7-3-17)26(28)29/h2-9,15H,10-14H2,1H3. The molecule has 0 atom stereocenters. The number of ether oxygens (including phenoxy) is 1. The molecule has 1 aromatic heterocycles. The van der Waals surface area contributed by atoms with Gasteiger partial charge in [0.05, 0.1) is 17.7 Å². The number of nitrogens with zero attached hydrogens (tertiary/aromatic N) is 4. The molecular weight excluding hydrogens is 416 g/mol. The summed E-state index contributed by atoms with van der Waals surface area (Å²) in [6.45, 7) is 3.49. The van der Waals surface area contributed by atoms with Crippen LogP contribution in [0.25, 0.3) is 10.6 Å². The van der Waals surface area contributed by atoms with Gasteiger partial charge in [-0.1, -0.05) is 0 Å². The van der Waals surface area contributed by atoms with Gasteiger partial charge in [0.1, 0.15) is 10.8 Å². The number of non-ortho nitro benzene ring substituents is 1. The summed E-state index contributed by atoms with van der Waals surface area (Å²) in [5, 5.41) is 13.8. The van der Waals surface area contributed by atoms with Crippen LogP contribution in [-0.2, 0) is 6.54 Å². The summed E-state index contributed by atoms with van der Waals surface area (Å²) < 4.78 is 5.20. The number of nitro benzene ring substituents is 1. The minimum absolute atomic E-state index is 0.0151. The first-order valence-corrected chi connectivity index (χ1v) is 10.8. The molecule has 3 aromatic rings. The molecule has 1 aliphatic rings. The summed E-state index contributed by atoms with van der Waals surface area (Å²) >= 11 is 1.62. The van der Waals surface area contributed by atoms with E-state index < -0.39 is 4.92 Å². The predicted molar refractivity (Wildman–Crippen MR) is 118 cm³/mol. The molecule has 160 valence electrons. The first-order chi connectivity index (χ1) is 15.0. The molecule has 1 saturated heterocycles. The summed E-state index contributed by atoms with van der Waals surface area (Å²) in [5.74, 6) is 0.728. The monoisotopic (exact) mass is 438 g/mol. The van der Waals surface area contributed by atoms with Crippen LogP contribution in [0.3, 0.4) is 0 Å². The molecule has 1 fully saturated rings. The number of hydrogen-bond donors (Lipinski definition) is 0. The molecular formula is C22H22N4O4S. The zero-order valence-electron chi connectivity index (χ0n) is 17.1. The summed E-state index contributed by atoms with van der Waals surface area (Å²) in [7, 11) is 1.65. The molecule has 0 bridgehead atoms. The van der Waals surface area contributed by atoms with Gasteiger partial charge in [0.25, 0.3) is 11.6 Å². The molecule has 31 heavy (non-hydrogen) atoms. The van der Waals surface area contributed by atoms with Crippen LogP contribution in [0.15, 0.2) is 53.9 Å². The Morgan fingerprint density at radius 2 is 1.77 bits per heavy atom. The van der Waals surface area contributed by atoms with Gasteiger partial charge in [-0.3, -0.25) is 19.8 Å².